The highest BCUT2D eigenvalue weighted by Crippen LogP contribution is 2.25. The summed E-state index contributed by atoms with van der Waals surface area (Å²) in [6, 6.07) is 2.02. The number of sulfonamides is 1. The molecule has 0 radical (unpaired) electrons. The molecule has 3 nitrogen and oxygen atoms in total. The summed E-state index contributed by atoms with van der Waals surface area (Å²) in [7, 11) is -3.37. The van der Waals surface area contributed by atoms with Gasteiger partial charge in [0.15, 0.2) is 0 Å². The summed E-state index contributed by atoms with van der Waals surface area (Å²) in [4.78, 5) is 0.437. The number of hydrogen-bond donors (Lipinski definition) is 1. The maximum absolute atomic E-state index is 12.1. The largest absolute Gasteiger partial charge is 0.241 e. The molecule has 0 spiro atoms. The van der Waals surface area contributed by atoms with E-state index in [0.717, 1.165) is 22.3 Å². The zero-order valence-electron chi connectivity index (χ0n) is 10.5. The van der Waals surface area contributed by atoms with Gasteiger partial charge in [-0.05, 0) is 49.9 Å². The van der Waals surface area contributed by atoms with E-state index in [9.17, 15) is 8.42 Å². The first-order valence-electron chi connectivity index (χ1n) is 5.38. The van der Waals surface area contributed by atoms with Crippen LogP contribution in [0.1, 0.15) is 29.2 Å². The molecule has 0 atom stereocenters. The number of rotatable bonds is 3. The molecular weight excluding hydrogens is 222 g/mol. The van der Waals surface area contributed by atoms with Crippen molar-refractivity contribution < 1.29 is 8.42 Å². The first kappa shape index (κ1) is 13.2. The van der Waals surface area contributed by atoms with E-state index in [0.29, 0.717) is 11.4 Å². The lowest BCUT2D eigenvalue weighted by molar-refractivity contribution is 0.582. The molecule has 1 aromatic carbocycles. The van der Waals surface area contributed by atoms with E-state index in [1.165, 1.54) is 0 Å². The van der Waals surface area contributed by atoms with E-state index in [-0.39, 0.29) is 0 Å². The average Bonchev–Trinajstić information content (AvgIpc) is 2.14. The molecule has 0 unspecified atom stereocenters. The fraction of sp³-hybridized carbons (Fsp3) is 0.500. The van der Waals surface area contributed by atoms with Crippen LogP contribution in [0, 0.1) is 27.7 Å². The minimum atomic E-state index is -3.37. The van der Waals surface area contributed by atoms with Gasteiger partial charge in [-0.2, -0.15) is 0 Å². The standard InChI is InChI=1S/C12H19NO2S/c1-6-13-16(14,15)12-10(4)8(2)7-9(3)11(12)5/h7,13H,6H2,1-5H3. The van der Waals surface area contributed by atoms with Crippen molar-refractivity contribution in [2.75, 3.05) is 6.54 Å². The van der Waals surface area contributed by atoms with Crippen molar-refractivity contribution in [3.63, 3.8) is 0 Å². The molecule has 0 amide bonds. The number of aryl methyl sites for hydroxylation is 2. The van der Waals surface area contributed by atoms with Crippen LogP contribution in [0.5, 0.6) is 0 Å². The molecule has 4 heteroatoms. The summed E-state index contributed by atoms with van der Waals surface area (Å²) in [5, 5.41) is 0. The van der Waals surface area contributed by atoms with Crippen molar-refractivity contribution in [1.29, 1.82) is 0 Å². The highest BCUT2D eigenvalue weighted by molar-refractivity contribution is 7.89. The summed E-state index contributed by atoms with van der Waals surface area (Å²) >= 11 is 0. The third-order valence-electron chi connectivity index (χ3n) is 2.90. The first-order valence-corrected chi connectivity index (χ1v) is 6.86. The van der Waals surface area contributed by atoms with Crippen LogP contribution in [0.4, 0.5) is 0 Å². The minimum Gasteiger partial charge on any atom is -0.211 e. The van der Waals surface area contributed by atoms with Crippen LogP contribution in [0.25, 0.3) is 0 Å². The van der Waals surface area contributed by atoms with Gasteiger partial charge in [0.05, 0.1) is 4.90 Å². The molecule has 0 saturated heterocycles. The van der Waals surface area contributed by atoms with Gasteiger partial charge >= 0.3 is 0 Å². The number of hydrogen-bond acceptors (Lipinski definition) is 2. The Bertz CT molecular complexity index is 478. The normalized spacial score (nSPS) is 11.8. The van der Waals surface area contributed by atoms with Crippen molar-refractivity contribution in [3.8, 4) is 0 Å². The first-order chi connectivity index (χ1) is 7.31. The number of benzene rings is 1. The van der Waals surface area contributed by atoms with E-state index in [4.69, 9.17) is 0 Å². The smallest absolute Gasteiger partial charge is 0.211 e. The Balaban J connectivity index is 3.56. The molecule has 0 aliphatic carbocycles. The molecule has 0 aliphatic rings. The molecule has 0 aliphatic heterocycles. The fourth-order valence-corrected chi connectivity index (χ4v) is 3.50. The lowest BCUT2D eigenvalue weighted by Crippen LogP contribution is -2.25. The van der Waals surface area contributed by atoms with Gasteiger partial charge in [0.1, 0.15) is 0 Å². The summed E-state index contributed by atoms with van der Waals surface area (Å²) < 4.78 is 26.7. The lowest BCUT2D eigenvalue weighted by atomic mass is 10.0. The van der Waals surface area contributed by atoms with Gasteiger partial charge in [0, 0.05) is 6.54 Å². The maximum atomic E-state index is 12.1. The van der Waals surface area contributed by atoms with Crippen molar-refractivity contribution in [2.45, 2.75) is 39.5 Å². The maximum Gasteiger partial charge on any atom is 0.241 e. The quantitative estimate of drug-likeness (QED) is 0.882. The van der Waals surface area contributed by atoms with Crippen LogP contribution in [-0.2, 0) is 10.0 Å². The second-order valence-corrected chi connectivity index (χ2v) is 5.79. The zero-order chi connectivity index (χ0) is 12.5. The van der Waals surface area contributed by atoms with Crippen molar-refractivity contribution in [3.05, 3.63) is 28.3 Å². The Morgan fingerprint density at radius 3 is 1.88 bits per heavy atom. The van der Waals surface area contributed by atoms with Crippen LogP contribution in [0.15, 0.2) is 11.0 Å². The van der Waals surface area contributed by atoms with Gasteiger partial charge in [0.25, 0.3) is 0 Å². The van der Waals surface area contributed by atoms with E-state index in [1.807, 2.05) is 33.8 Å². The third kappa shape index (κ3) is 2.28. The molecule has 0 saturated carbocycles. The summed E-state index contributed by atoms with van der Waals surface area (Å²) in [6.07, 6.45) is 0. The van der Waals surface area contributed by atoms with E-state index >= 15 is 0 Å². The summed E-state index contributed by atoms with van der Waals surface area (Å²) in [5.41, 5.74) is 3.70. The van der Waals surface area contributed by atoms with Crippen molar-refractivity contribution in [1.82, 2.24) is 4.72 Å². The van der Waals surface area contributed by atoms with E-state index in [2.05, 4.69) is 4.72 Å². The monoisotopic (exact) mass is 241 g/mol. The van der Waals surface area contributed by atoms with Gasteiger partial charge < -0.3 is 0 Å². The van der Waals surface area contributed by atoms with Crippen LogP contribution in [-0.4, -0.2) is 15.0 Å². The predicted molar refractivity (Wildman–Crippen MR) is 66.3 cm³/mol. The molecule has 16 heavy (non-hydrogen) atoms. The van der Waals surface area contributed by atoms with E-state index in [1.54, 1.807) is 6.92 Å². The van der Waals surface area contributed by atoms with Crippen LogP contribution in [0.2, 0.25) is 0 Å². The Labute approximate surface area is 97.9 Å². The molecular formula is C12H19NO2S. The van der Waals surface area contributed by atoms with Crippen molar-refractivity contribution >= 4 is 10.0 Å². The van der Waals surface area contributed by atoms with Crippen LogP contribution in [0.3, 0.4) is 0 Å². The van der Waals surface area contributed by atoms with Crippen LogP contribution < -0.4 is 4.72 Å². The lowest BCUT2D eigenvalue weighted by Gasteiger charge is -2.15. The van der Waals surface area contributed by atoms with Gasteiger partial charge in [-0.1, -0.05) is 13.0 Å². The topological polar surface area (TPSA) is 46.2 Å². The summed E-state index contributed by atoms with van der Waals surface area (Å²) in [5.74, 6) is 0. The van der Waals surface area contributed by atoms with Gasteiger partial charge in [-0.3, -0.25) is 0 Å². The second kappa shape index (κ2) is 4.55. The zero-order valence-corrected chi connectivity index (χ0v) is 11.3. The highest BCUT2D eigenvalue weighted by Gasteiger charge is 2.20. The molecule has 1 N–H and O–H groups in total. The highest BCUT2D eigenvalue weighted by atomic mass is 32.2. The van der Waals surface area contributed by atoms with Gasteiger partial charge in [-0.25, -0.2) is 13.1 Å². The third-order valence-corrected chi connectivity index (χ3v) is 4.72. The van der Waals surface area contributed by atoms with Crippen molar-refractivity contribution in [2.24, 2.45) is 0 Å². The summed E-state index contributed by atoms with van der Waals surface area (Å²) in [6.45, 7) is 9.77. The molecule has 1 rings (SSSR count). The predicted octanol–water partition coefficient (Wildman–Crippen LogP) is 2.22. The molecule has 0 aromatic heterocycles. The second-order valence-electron chi connectivity index (χ2n) is 4.09. The van der Waals surface area contributed by atoms with Crippen LogP contribution >= 0.6 is 0 Å². The molecule has 0 bridgehead atoms. The van der Waals surface area contributed by atoms with Gasteiger partial charge in [0.2, 0.25) is 10.0 Å². The van der Waals surface area contributed by atoms with Gasteiger partial charge in [-0.15, -0.1) is 0 Å². The fourth-order valence-electron chi connectivity index (χ4n) is 1.85. The Morgan fingerprint density at radius 2 is 1.50 bits per heavy atom. The Morgan fingerprint density at radius 1 is 1.06 bits per heavy atom. The SMILES string of the molecule is CCNS(=O)(=O)c1c(C)c(C)cc(C)c1C. The minimum absolute atomic E-state index is 0.411. The van der Waals surface area contributed by atoms with E-state index < -0.39 is 10.0 Å². The number of nitrogens with one attached hydrogen (secondary N) is 1. The molecule has 90 valence electrons. The molecule has 1 aromatic rings. The molecule has 0 fully saturated rings. The average molecular weight is 241 g/mol. The molecule has 0 heterocycles. The Hall–Kier alpha value is -0.870. The Kier molecular flexibility index (Phi) is 3.76.